The first-order valence-electron chi connectivity index (χ1n) is 10.3. The second kappa shape index (κ2) is 8.59. The molecule has 1 aliphatic rings. The standard InChI is InChI=1S/C24H24F3N3O/c1-16(21-11-4-7-17-6-2-3-10-22(17)21)28-20-12-13-30(15-20)23(31)29-19-9-5-8-18(14-19)24(25,26)27/h2-11,14,16,20,28H,12-13,15H2,1H3,(H,29,31)/t16-,20+/m1/s1. The smallest absolute Gasteiger partial charge is 0.323 e. The lowest BCUT2D eigenvalue weighted by molar-refractivity contribution is -0.137. The first-order chi connectivity index (χ1) is 14.8. The molecule has 162 valence electrons. The fraction of sp³-hybridized carbons (Fsp3) is 0.292. The SMILES string of the molecule is C[C@@H](N[C@H]1CCN(C(=O)Nc2cccc(C(F)(F)F)c2)C1)c1cccc2ccccc12. The van der Waals surface area contributed by atoms with Crippen LogP contribution >= 0.6 is 0 Å². The van der Waals surface area contributed by atoms with Gasteiger partial charge in [-0.2, -0.15) is 13.2 Å². The quantitative estimate of drug-likeness (QED) is 0.551. The van der Waals surface area contributed by atoms with Crippen LogP contribution in [0, 0.1) is 0 Å². The van der Waals surface area contributed by atoms with Gasteiger partial charge in [-0.3, -0.25) is 0 Å². The normalized spacial score (nSPS) is 17.7. The Bertz CT molecular complexity index is 1080. The van der Waals surface area contributed by atoms with Gasteiger partial charge in [0, 0.05) is 30.9 Å². The maximum absolute atomic E-state index is 12.9. The molecule has 4 nitrogen and oxygen atoms in total. The molecular weight excluding hydrogens is 403 g/mol. The van der Waals surface area contributed by atoms with Crippen molar-refractivity contribution in [2.75, 3.05) is 18.4 Å². The van der Waals surface area contributed by atoms with Crippen LogP contribution in [0.5, 0.6) is 0 Å². The first kappa shape index (κ1) is 21.2. The lowest BCUT2D eigenvalue weighted by Crippen LogP contribution is -2.38. The van der Waals surface area contributed by atoms with E-state index >= 15 is 0 Å². The lowest BCUT2D eigenvalue weighted by Gasteiger charge is -2.22. The van der Waals surface area contributed by atoms with E-state index < -0.39 is 11.7 Å². The molecule has 1 fully saturated rings. The van der Waals surface area contributed by atoms with Crippen molar-refractivity contribution in [3.8, 4) is 0 Å². The predicted molar refractivity (Wildman–Crippen MR) is 116 cm³/mol. The number of rotatable bonds is 4. The van der Waals surface area contributed by atoms with Crippen molar-refractivity contribution in [3.63, 3.8) is 0 Å². The molecule has 1 saturated heterocycles. The Morgan fingerprint density at radius 2 is 1.81 bits per heavy atom. The highest BCUT2D eigenvalue weighted by molar-refractivity contribution is 5.89. The van der Waals surface area contributed by atoms with Gasteiger partial charge in [0.1, 0.15) is 0 Å². The summed E-state index contributed by atoms with van der Waals surface area (Å²) in [7, 11) is 0. The predicted octanol–water partition coefficient (Wildman–Crippen LogP) is 5.82. The van der Waals surface area contributed by atoms with Crippen molar-refractivity contribution >= 4 is 22.5 Å². The Hall–Kier alpha value is -3.06. The number of fused-ring (bicyclic) bond motifs is 1. The summed E-state index contributed by atoms with van der Waals surface area (Å²) in [5.41, 5.74) is 0.556. The number of hydrogen-bond donors (Lipinski definition) is 2. The van der Waals surface area contributed by atoms with E-state index in [0.717, 1.165) is 18.6 Å². The third-order valence-electron chi connectivity index (χ3n) is 5.69. The topological polar surface area (TPSA) is 44.4 Å². The van der Waals surface area contributed by atoms with Gasteiger partial charge in [-0.25, -0.2) is 4.79 Å². The Morgan fingerprint density at radius 1 is 1.06 bits per heavy atom. The van der Waals surface area contributed by atoms with Gasteiger partial charge in [-0.15, -0.1) is 0 Å². The Labute approximate surface area is 179 Å². The van der Waals surface area contributed by atoms with E-state index in [1.807, 2.05) is 18.2 Å². The summed E-state index contributed by atoms with van der Waals surface area (Å²) < 4.78 is 38.7. The van der Waals surface area contributed by atoms with Gasteiger partial charge in [0.05, 0.1) is 5.56 Å². The molecule has 0 aliphatic carbocycles. The third kappa shape index (κ3) is 4.82. The van der Waals surface area contributed by atoms with E-state index in [-0.39, 0.29) is 23.8 Å². The number of alkyl halides is 3. The van der Waals surface area contributed by atoms with Crippen LogP contribution in [0.3, 0.4) is 0 Å². The van der Waals surface area contributed by atoms with Gasteiger partial charge in [0.15, 0.2) is 0 Å². The molecule has 1 aliphatic heterocycles. The number of nitrogens with one attached hydrogen (secondary N) is 2. The first-order valence-corrected chi connectivity index (χ1v) is 10.3. The zero-order chi connectivity index (χ0) is 22.0. The summed E-state index contributed by atoms with van der Waals surface area (Å²) in [6.07, 6.45) is -3.66. The average Bonchev–Trinajstić information content (AvgIpc) is 3.21. The zero-order valence-corrected chi connectivity index (χ0v) is 17.1. The number of hydrogen-bond acceptors (Lipinski definition) is 2. The van der Waals surface area contributed by atoms with Crippen molar-refractivity contribution in [2.45, 2.75) is 31.6 Å². The molecule has 4 rings (SSSR count). The minimum Gasteiger partial charge on any atom is -0.323 e. The molecule has 3 aromatic carbocycles. The van der Waals surface area contributed by atoms with Gasteiger partial charge in [-0.1, -0.05) is 48.5 Å². The van der Waals surface area contributed by atoms with Crippen molar-refractivity contribution in [3.05, 3.63) is 77.9 Å². The van der Waals surface area contributed by atoms with Gasteiger partial charge >= 0.3 is 12.2 Å². The minimum atomic E-state index is -4.44. The van der Waals surface area contributed by atoms with Gasteiger partial charge in [0.25, 0.3) is 0 Å². The van der Waals surface area contributed by atoms with Crippen LogP contribution in [-0.2, 0) is 6.18 Å². The van der Waals surface area contributed by atoms with Crippen LogP contribution in [0.15, 0.2) is 66.7 Å². The van der Waals surface area contributed by atoms with E-state index in [1.165, 1.54) is 28.5 Å². The number of amides is 2. The molecule has 2 amide bonds. The third-order valence-corrected chi connectivity index (χ3v) is 5.69. The molecule has 0 aromatic heterocycles. The molecule has 31 heavy (non-hydrogen) atoms. The highest BCUT2D eigenvalue weighted by atomic mass is 19.4. The fourth-order valence-electron chi connectivity index (χ4n) is 4.13. The van der Waals surface area contributed by atoms with E-state index in [0.29, 0.717) is 13.1 Å². The molecule has 2 atom stereocenters. The van der Waals surface area contributed by atoms with Crippen molar-refractivity contribution in [1.82, 2.24) is 10.2 Å². The fourth-order valence-corrected chi connectivity index (χ4v) is 4.13. The van der Waals surface area contributed by atoms with E-state index in [9.17, 15) is 18.0 Å². The molecule has 1 heterocycles. The van der Waals surface area contributed by atoms with E-state index in [4.69, 9.17) is 0 Å². The Kier molecular flexibility index (Phi) is 5.87. The molecule has 0 bridgehead atoms. The zero-order valence-electron chi connectivity index (χ0n) is 17.1. The van der Waals surface area contributed by atoms with Crippen LogP contribution in [0.2, 0.25) is 0 Å². The average molecular weight is 427 g/mol. The van der Waals surface area contributed by atoms with Gasteiger partial charge < -0.3 is 15.5 Å². The summed E-state index contributed by atoms with van der Waals surface area (Å²) in [6.45, 7) is 3.15. The molecule has 3 aromatic rings. The summed E-state index contributed by atoms with van der Waals surface area (Å²) in [5, 5.41) is 8.56. The summed E-state index contributed by atoms with van der Waals surface area (Å²) in [5.74, 6) is 0. The molecule has 0 saturated carbocycles. The number of likely N-dealkylation sites (tertiary alicyclic amines) is 1. The highest BCUT2D eigenvalue weighted by Crippen LogP contribution is 2.31. The number of carbonyl (C=O) groups excluding carboxylic acids is 1. The largest absolute Gasteiger partial charge is 0.416 e. The van der Waals surface area contributed by atoms with E-state index in [1.54, 1.807) is 4.90 Å². The number of benzene rings is 3. The molecule has 7 heteroatoms. The second-order valence-electron chi connectivity index (χ2n) is 7.90. The lowest BCUT2D eigenvalue weighted by atomic mass is 9.99. The number of halogens is 3. The van der Waals surface area contributed by atoms with Crippen LogP contribution in [0.25, 0.3) is 10.8 Å². The Balaban J connectivity index is 1.37. The maximum Gasteiger partial charge on any atom is 0.416 e. The van der Waals surface area contributed by atoms with Crippen LogP contribution in [0.4, 0.5) is 23.7 Å². The number of urea groups is 1. The van der Waals surface area contributed by atoms with Crippen LogP contribution in [-0.4, -0.2) is 30.1 Å². The second-order valence-corrected chi connectivity index (χ2v) is 7.90. The van der Waals surface area contributed by atoms with Crippen LogP contribution in [0.1, 0.15) is 30.5 Å². The summed E-state index contributed by atoms with van der Waals surface area (Å²) in [6, 6.07) is 19.0. The monoisotopic (exact) mass is 427 g/mol. The Morgan fingerprint density at radius 3 is 2.61 bits per heavy atom. The van der Waals surface area contributed by atoms with Crippen LogP contribution < -0.4 is 10.6 Å². The molecule has 0 unspecified atom stereocenters. The molecular formula is C24H24F3N3O. The number of anilines is 1. The van der Waals surface area contributed by atoms with Gasteiger partial charge in [-0.05, 0) is 47.9 Å². The molecule has 2 N–H and O–H groups in total. The number of nitrogens with zero attached hydrogens (tertiary/aromatic N) is 1. The highest BCUT2D eigenvalue weighted by Gasteiger charge is 2.31. The minimum absolute atomic E-state index is 0.0996. The van der Waals surface area contributed by atoms with E-state index in [2.05, 4.69) is 41.8 Å². The number of carbonyl (C=O) groups is 1. The maximum atomic E-state index is 12.9. The summed E-state index contributed by atoms with van der Waals surface area (Å²) in [4.78, 5) is 14.2. The van der Waals surface area contributed by atoms with Crippen molar-refractivity contribution < 1.29 is 18.0 Å². The van der Waals surface area contributed by atoms with Crippen molar-refractivity contribution in [1.29, 1.82) is 0 Å². The molecule has 0 spiro atoms. The van der Waals surface area contributed by atoms with Crippen molar-refractivity contribution in [2.24, 2.45) is 0 Å². The van der Waals surface area contributed by atoms with Gasteiger partial charge in [0.2, 0.25) is 0 Å². The molecule has 0 radical (unpaired) electrons. The summed E-state index contributed by atoms with van der Waals surface area (Å²) >= 11 is 0.